The van der Waals surface area contributed by atoms with E-state index < -0.39 is 10.2 Å². The number of halogens is 1. The normalized spacial score (nSPS) is 11.8. The van der Waals surface area contributed by atoms with E-state index in [2.05, 4.69) is 20.5 Å². The Hall–Kier alpha value is -2.98. The highest BCUT2D eigenvalue weighted by Gasteiger charge is 2.21. The summed E-state index contributed by atoms with van der Waals surface area (Å²) in [5.74, 6) is 0.267. The summed E-state index contributed by atoms with van der Waals surface area (Å²) in [5.41, 5.74) is 0.835. The van der Waals surface area contributed by atoms with Gasteiger partial charge in [-0.25, -0.2) is 0 Å². The standard InChI is InChI=1S/C17H15ClN6O3S/c1-10(16(25)20-14-8-12(24(26)27)5-6-13(14)18)28-17-22-21-15(23(17)2)11-4-3-7-19-9-11/h3-10H,1-2H3,(H,20,25). The molecule has 0 aliphatic heterocycles. The molecule has 0 aliphatic rings. The number of nitro benzene ring substituents is 1. The van der Waals surface area contributed by atoms with Crippen LogP contribution in [0.4, 0.5) is 11.4 Å². The monoisotopic (exact) mass is 418 g/mol. The van der Waals surface area contributed by atoms with Crippen LogP contribution in [0.1, 0.15) is 6.92 Å². The molecule has 1 atom stereocenters. The van der Waals surface area contributed by atoms with Gasteiger partial charge in [0.25, 0.3) is 5.69 Å². The molecule has 0 bridgehead atoms. The number of pyridine rings is 1. The molecule has 0 radical (unpaired) electrons. The van der Waals surface area contributed by atoms with Crippen molar-refractivity contribution in [2.45, 2.75) is 17.3 Å². The minimum absolute atomic E-state index is 0.158. The second-order valence-electron chi connectivity index (χ2n) is 5.78. The highest BCUT2D eigenvalue weighted by molar-refractivity contribution is 8.00. The molecule has 1 N–H and O–H groups in total. The maximum atomic E-state index is 12.5. The number of aromatic nitrogens is 4. The van der Waals surface area contributed by atoms with Crippen molar-refractivity contribution in [2.75, 3.05) is 5.32 Å². The van der Waals surface area contributed by atoms with E-state index in [1.165, 1.54) is 30.0 Å². The number of nitrogens with one attached hydrogen (secondary N) is 1. The van der Waals surface area contributed by atoms with Crippen molar-refractivity contribution >= 4 is 40.6 Å². The summed E-state index contributed by atoms with van der Waals surface area (Å²) >= 11 is 7.24. The number of rotatable bonds is 6. The molecular formula is C17H15ClN6O3S. The van der Waals surface area contributed by atoms with Crippen LogP contribution in [0.5, 0.6) is 0 Å². The lowest BCUT2D eigenvalue weighted by molar-refractivity contribution is -0.384. The zero-order valence-corrected chi connectivity index (χ0v) is 16.4. The molecule has 0 saturated carbocycles. The van der Waals surface area contributed by atoms with Crippen LogP contribution in [0.2, 0.25) is 5.02 Å². The molecule has 9 nitrogen and oxygen atoms in total. The van der Waals surface area contributed by atoms with E-state index in [-0.39, 0.29) is 22.3 Å². The van der Waals surface area contributed by atoms with Crippen LogP contribution in [0.25, 0.3) is 11.4 Å². The molecule has 0 fully saturated rings. The third kappa shape index (κ3) is 4.29. The van der Waals surface area contributed by atoms with Crippen molar-refractivity contribution in [3.05, 3.63) is 57.9 Å². The first-order valence-electron chi connectivity index (χ1n) is 8.08. The average Bonchev–Trinajstić information content (AvgIpc) is 3.04. The van der Waals surface area contributed by atoms with Crippen LogP contribution >= 0.6 is 23.4 Å². The fourth-order valence-electron chi connectivity index (χ4n) is 2.33. The fourth-order valence-corrected chi connectivity index (χ4v) is 3.31. The molecule has 1 aromatic carbocycles. The van der Waals surface area contributed by atoms with Gasteiger partial charge in [0, 0.05) is 37.1 Å². The van der Waals surface area contributed by atoms with Gasteiger partial charge >= 0.3 is 0 Å². The van der Waals surface area contributed by atoms with Crippen LogP contribution in [0.15, 0.2) is 47.9 Å². The molecule has 11 heteroatoms. The summed E-state index contributed by atoms with van der Waals surface area (Å²) < 4.78 is 1.77. The smallest absolute Gasteiger partial charge is 0.271 e. The Bertz CT molecular complexity index is 1030. The predicted octanol–water partition coefficient (Wildman–Crippen LogP) is 3.56. The Morgan fingerprint density at radius 1 is 1.36 bits per heavy atom. The first-order chi connectivity index (χ1) is 13.4. The van der Waals surface area contributed by atoms with E-state index in [9.17, 15) is 14.9 Å². The molecule has 1 unspecified atom stereocenters. The van der Waals surface area contributed by atoms with Crippen molar-refractivity contribution in [1.29, 1.82) is 0 Å². The zero-order chi connectivity index (χ0) is 20.3. The zero-order valence-electron chi connectivity index (χ0n) is 14.9. The van der Waals surface area contributed by atoms with Crippen LogP contribution in [0.3, 0.4) is 0 Å². The van der Waals surface area contributed by atoms with Gasteiger partial charge in [-0.1, -0.05) is 23.4 Å². The molecule has 2 heterocycles. The Balaban J connectivity index is 1.73. The van der Waals surface area contributed by atoms with Gasteiger partial charge in [0.2, 0.25) is 5.91 Å². The number of non-ortho nitro benzene ring substituents is 1. The van der Waals surface area contributed by atoms with E-state index in [1.54, 1.807) is 37.0 Å². The first kappa shape index (κ1) is 19.8. The Labute approximate surface area is 169 Å². The summed E-state index contributed by atoms with van der Waals surface area (Å²) in [7, 11) is 1.80. The SMILES string of the molecule is CC(Sc1nnc(-c2cccnc2)n1C)C(=O)Nc1cc([N+](=O)[O-])ccc1Cl. The average molecular weight is 419 g/mol. The van der Waals surface area contributed by atoms with Crippen LogP contribution < -0.4 is 5.32 Å². The number of anilines is 1. The Morgan fingerprint density at radius 3 is 2.82 bits per heavy atom. The van der Waals surface area contributed by atoms with E-state index in [4.69, 9.17) is 11.6 Å². The maximum absolute atomic E-state index is 12.5. The molecular weight excluding hydrogens is 404 g/mol. The van der Waals surface area contributed by atoms with Crippen LogP contribution in [-0.4, -0.2) is 35.8 Å². The number of thioether (sulfide) groups is 1. The first-order valence-corrected chi connectivity index (χ1v) is 9.34. The van der Waals surface area contributed by atoms with Gasteiger partial charge in [0.05, 0.1) is 20.9 Å². The summed E-state index contributed by atoms with van der Waals surface area (Å²) in [6.45, 7) is 1.70. The number of hydrogen-bond donors (Lipinski definition) is 1. The molecule has 0 saturated heterocycles. The predicted molar refractivity (Wildman–Crippen MR) is 106 cm³/mol. The molecule has 2 aromatic heterocycles. The third-order valence-electron chi connectivity index (χ3n) is 3.82. The van der Waals surface area contributed by atoms with Crippen molar-refractivity contribution in [3.8, 4) is 11.4 Å². The lowest BCUT2D eigenvalue weighted by Crippen LogP contribution is -2.23. The number of benzene rings is 1. The highest BCUT2D eigenvalue weighted by atomic mass is 35.5. The van der Waals surface area contributed by atoms with Crippen molar-refractivity contribution in [2.24, 2.45) is 7.05 Å². The number of hydrogen-bond acceptors (Lipinski definition) is 7. The number of carbonyl (C=O) groups excluding carboxylic acids is 1. The number of nitrogens with zero attached hydrogens (tertiary/aromatic N) is 5. The topological polar surface area (TPSA) is 116 Å². The van der Waals surface area contributed by atoms with Crippen molar-refractivity contribution in [3.63, 3.8) is 0 Å². The highest BCUT2D eigenvalue weighted by Crippen LogP contribution is 2.29. The second-order valence-corrected chi connectivity index (χ2v) is 7.49. The molecule has 3 aromatic rings. The molecule has 0 spiro atoms. The van der Waals surface area contributed by atoms with Gasteiger partial charge in [-0.15, -0.1) is 10.2 Å². The fraction of sp³-hybridized carbons (Fsp3) is 0.176. The largest absolute Gasteiger partial charge is 0.324 e. The van der Waals surface area contributed by atoms with Crippen molar-refractivity contribution in [1.82, 2.24) is 19.7 Å². The molecule has 1 amide bonds. The summed E-state index contributed by atoms with van der Waals surface area (Å²) in [4.78, 5) is 26.9. The quantitative estimate of drug-likeness (QED) is 0.369. The summed E-state index contributed by atoms with van der Waals surface area (Å²) in [5, 5.41) is 22.0. The van der Waals surface area contributed by atoms with E-state index in [0.29, 0.717) is 11.0 Å². The van der Waals surface area contributed by atoms with Crippen LogP contribution in [-0.2, 0) is 11.8 Å². The number of carbonyl (C=O) groups is 1. The number of amides is 1. The third-order valence-corrected chi connectivity index (χ3v) is 5.29. The second kappa shape index (κ2) is 8.36. The lowest BCUT2D eigenvalue weighted by Gasteiger charge is -2.12. The summed E-state index contributed by atoms with van der Waals surface area (Å²) in [6, 6.07) is 7.54. The Kier molecular flexibility index (Phi) is 5.90. The molecule has 144 valence electrons. The van der Waals surface area contributed by atoms with E-state index in [0.717, 1.165) is 5.56 Å². The number of nitro groups is 1. The van der Waals surface area contributed by atoms with Crippen molar-refractivity contribution < 1.29 is 9.72 Å². The van der Waals surface area contributed by atoms with Gasteiger partial charge in [0.15, 0.2) is 11.0 Å². The van der Waals surface area contributed by atoms with E-state index >= 15 is 0 Å². The lowest BCUT2D eigenvalue weighted by atomic mass is 10.2. The molecule has 3 rings (SSSR count). The Morgan fingerprint density at radius 2 is 2.14 bits per heavy atom. The summed E-state index contributed by atoms with van der Waals surface area (Å²) in [6.07, 6.45) is 3.35. The van der Waals surface area contributed by atoms with Gasteiger partial charge in [-0.3, -0.25) is 19.9 Å². The maximum Gasteiger partial charge on any atom is 0.271 e. The van der Waals surface area contributed by atoms with Gasteiger partial charge < -0.3 is 9.88 Å². The molecule has 0 aliphatic carbocycles. The molecule has 28 heavy (non-hydrogen) atoms. The van der Waals surface area contributed by atoms with Gasteiger partial charge in [-0.2, -0.15) is 0 Å². The van der Waals surface area contributed by atoms with Gasteiger partial charge in [0.1, 0.15) is 0 Å². The minimum Gasteiger partial charge on any atom is -0.324 e. The van der Waals surface area contributed by atoms with Gasteiger partial charge in [-0.05, 0) is 25.1 Å². The van der Waals surface area contributed by atoms with Crippen LogP contribution in [0, 0.1) is 10.1 Å². The van der Waals surface area contributed by atoms with E-state index in [1.807, 2.05) is 6.07 Å². The minimum atomic E-state index is -0.552.